The van der Waals surface area contributed by atoms with E-state index in [2.05, 4.69) is 19.9 Å². The van der Waals surface area contributed by atoms with Crippen LogP contribution in [0.1, 0.15) is 30.9 Å². The molecule has 0 bridgehead atoms. The van der Waals surface area contributed by atoms with Crippen LogP contribution in [-0.4, -0.2) is 0 Å². The fraction of sp³-hybridized carbons (Fsp3) is 0.188. The minimum Gasteiger partial charge on any atom is -0.457 e. The number of nitriles is 1. The molecule has 0 saturated heterocycles. The van der Waals surface area contributed by atoms with Crippen LogP contribution in [0.4, 0.5) is 5.69 Å². The zero-order valence-corrected chi connectivity index (χ0v) is 11.1. The summed E-state index contributed by atoms with van der Waals surface area (Å²) in [6.07, 6.45) is 0. The average Bonchev–Trinajstić information content (AvgIpc) is 2.41. The predicted octanol–water partition coefficient (Wildman–Crippen LogP) is 4.06. The number of ether oxygens (including phenoxy) is 1. The summed E-state index contributed by atoms with van der Waals surface area (Å²) in [5.74, 6) is 1.81. The van der Waals surface area contributed by atoms with Crippen molar-refractivity contribution < 1.29 is 4.74 Å². The maximum atomic E-state index is 8.97. The quantitative estimate of drug-likeness (QED) is 0.838. The van der Waals surface area contributed by atoms with E-state index in [-0.39, 0.29) is 0 Å². The smallest absolute Gasteiger partial charge is 0.130 e. The average molecular weight is 252 g/mol. The molecular formula is C16H16N2O. The molecule has 3 heteroatoms. The van der Waals surface area contributed by atoms with Crippen molar-refractivity contribution in [3.63, 3.8) is 0 Å². The van der Waals surface area contributed by atoms with Gasteiger partial charge in [0.2, 0.25) is 0 Å². The molecular weight excluding hydrogens is 236 g/mol. The second kappa shape index (κ2) is 5.45. The number of nitrogens with zero attached hydrogens (tertiary/aromatic N) is 1. The summed E-state index contributed by atoms with van der Waals surface area (Å²) in [5.41, 5.74) is 7.73. The molecule has 3 nitrogen and oxygen atoms in total. The molecule has 0 spiro atoms. The fourth-order valence-electron chi connectivity index (χ4n) is 1.87. The molecule has 0 radical (unpaired) electrons. The van der Waals surface area contributed by atoms with Crippen molar-refractivity contribution in [2.24, 2.45) is 0 Å². The van der Waals surface area contributed by atoms with E-state index in [0.29, 0.717) is 22.9 Å². The molecule has 2 aromatic carbocycles. The molecule has 2 aromatic rings. The highest BCUT2D eigenvalue weighted by Gasteiger charge is 2.08. The Kier molecular flexibility index (Phi) is 3.72. The fourth-order valence-corrected chi connectivity index (χ4v) is 1.87. The third kappa shape index (κ3) is 2.86. The van der Waals surface area contributed by atoms with Crippen molar-refractivity contribution in [1.29, 1.82) is 5.26 Å². The number of hydrogen-bond acceptors (Lipinski definition) is 3. The SMILES string of the molecule is CC(C)c1ccccc1Oc1ccc(N)c(C#N)c1. The van der Waals surface area contributed by atoms with E-state index < -0.39 is 0 Å². The van der Waals surface area contributed by atoms with Gasteiger partial charge in [0.25, 0.3) is 0 Å². The van der Waals surface area contributed by atoms with Gasteiger partial charge in [-0.1, -0.05) is 32.0 Å². The summed E-state index contributed by atoms with van der Waals surface area (Å²) >= 11 is 0. The third-order valence-electron chi connectivity index (χ3n) is 2.91. The van der Waals surface area contributed by atoms with Crippen molar-refractivity contribution >= 4 is 5.69 Å². The van der Waals surface area contributed by atoms with E-state index in [1.807, 2.05) is 24.3 Å². The molecule has 0 fully saturated rings. The molecule has 0 aliphatic rings. The number of anilines is 1. The molecule has 0 aliphatic heterocycles. The minimum atomic E-state index is 0.375. The highest BCUT2D eigenvalue weighted by Crippen LogP contribution is 2.31. The molecule has 2 N–H and O–H groups in total. The van der Waals surface area contributed by atoms with Crippen LogP contribution in [0.2, 0.25) is 0 Å². The maximum absolute atomic E-state index is 8.97. The first kappa shape index (κ1) is 13.0. The first-order valence-corrected chi connectivity index (χ1v) is 6.18. The summed E-state index contributed by atoms with van der Waals surface area (Å²) in [5, 5.41) is 8.97. The van der Waals surface area contributed by atoms with Gasteiger partial charge in [0, 0.05) is 11.8 Å². The molecule has 0 heterocycles. The zero-order chi connectivity index (χ0) is 13.8. The molecule has 0 unspecified atom stereocenters. The normalized spacial score (nSPS) is 10.2. The van der Waals surface area contributed by atoms with Gasteiger partial charge in [-0.3, -0.25) is 0 Å². The van der Waals surface area contributed by atoms with Gasteiger partial charge in [-0.05, 0) is 29.7 Å². The van der Waals surface area contributed by atoms with Gasteiger partial charge in [-0.2, -0.15) is 5.26 Å². The highest BCUT2D eigenvalue weighted by atomic mass is 16.5. The van der Waals surface area contributed by atoms with Gasteiger partial charge in [0.15, 0.2) is 0 Å². The van der Waals surface area contributed by atoms with E-state index in [1.165, 1.54) is 0 Å². The standard InChI is InChI=1S/C16H16N2O/c1-11(2)14-5-3-4-6-16(14)19-13-7-8-15(18)12(9-13)10-17/h3-9,11H,18H2,1-2H3. The summed E-state index contributed by atoms with van der Waals surface area (Å²) < 4.78 is 5.86. The Labute approximate surface area is 113 Å². The van der Waals surface area contributed by atoms with Crippen LogP contribution >= 0.6 is 0 Å². The number of benzene rings is 2. The van der Waals surface area contributed by atoms with Crippen molar-refractivity contribution in [3.05, 3.63) is 53.6 Å². The van der Waals surface area contributed by atoms with E-state index >= 15 is 0 Å². The lowest BCUT2D eigenvalue weighted by molar-refractivity contribution is 0.473. The Morgan fingerprint density at radius 3 is 2.58 bits per heavy atom. The number of nitrogens with two attached hydrogens (primary N) is 1. The van der Waals surface area contributed by atoms with Crippen LogP contribution in [-0.2, 0) is 0 Å². The van der Waals surface area contributed by atoms with Crippen LogP contribution in [0, 0.1) is 11.3 Å². The van der Waals surface area contributed by atoms with E-state index in [0.717, 1.165) is 11.3 Å². The minimum absolute atomic E-state index is 0.375. The summed E-state index contributed by atoms with van der Waals surface area (Å²) in [4.78, 5) is 0. The number of rotatable bonds is 3. The Hall–Kier alpha value is -2.47. The van der Waals surface area contributed by atoms with Gasteiger partial charge in [-0.15, -0.1) is 0 Å². The molecule has 19 heavy (non-hydrogen) atoms. The second-order valence-corrected chi connectivity index (χ2v) is 4.66. The maximum Gasteiger partial charge on any atom is 0.130 e. The van der Waals surface area contributed by atoms with Crippen molar-refractivity contribution in [2.75, 3.05) is 5.73 Å². The second-order valence-electron chi connectivity index (χ2n) is 4.66. The molecule has 0 saturated carbocycles. The topological polar surface area (TPSA) is 59.0 Å². The van der Waals surface area contributed by atoms with Crippen molar-refractivity contribution in [3.8, 4) is 17.6 Å². The first-order chi connectivity index (χ1) is 9.11. The number of para-hydroxylation sites is 1. The van der Waals surface area contributed by atoms with Gasteiger partial charge >= 0.3 is 0 Å². The van der Waals surface area contributed by atoms with E-state index in [9.17, 15) is 0 Å². The van der Waals surface area contributed by atoms with Crippen LogP contribution in [0.15, 0.2) is 42.5 Å². The monoisotopic (exact) mass is 252 g/mol. The number of nitrogen functional groups attached to an aromatic ring is 1. The third-order valence-corrected chi connectivity index (χ3v) is 2.91. The van der Waals surface area contributed by atoms with Gasteiger partial charge in [0.05, 0.1) is 5.56 Å². The predicted molar refractivity (Wildman–Crippen MR) is 76.2 cm³/mol. The molecule has 0 atom stereocenters. The Balaban J connectivity index is 2.34. The first-order valence-electron chi connectivity index (χ1n) is 6.18. The van der Waals surface area contributed by atoms with Gasteiger partial charge in [0.1, 0.15) is 17.6 Å². The van der Waals surface area contributed by atoms with Gasteiger partial charge in [-0.25, -0.2) is 0 Å². The molecule has 0 aromatic heterocycles. The van der Waals surface area contributed by atoms with Gasteiger partial charge < -0.3 is 10.5 Å². The molecule has 0 amide bonds. The van der Waals surface area contributed by atoms with E-state index in [4.69, 9.17) is 15.7 Å². The largest absolute Gasteiger partial charge is 0.457 e. The van der Waals surface area contributed by atoms with Crippen LogP contribution < -0.4 is 10.5 Å². The molecule has 0 aliphatic carbocycles. The molecule has 2 rings (SSSR count). The highest BCUT2D eigenvalue weighted by molar-refractivity contribution is 5.57. The summed E-state index contributed by atoms with van der Waals surface area (Å²) in [6.45, 7) is 4.23. The Morgan fingerprint density at radius 2 is 1.89 bits per heavy atom. The van der Waals surface area contributed by atoms with E-state index in [1.54, 1.807) is 18.2 Å². The Morgan fingerprint density at radius 1 is 1.16 bits per heavy atom. The van der Waals surface area contributed by atoms with Crippen LogP contribution in [0.5, 0.6) is 11.5 Å². The number of hydrogen-bond donors (Lipinski definition) is 1. The summed E-state index contributed by atoms with van der Waals surface area (Å²) in [7, 11) is 0. The van der Waals surface area contributed by atoms with Crippen LogP contribution in [0.3, 0.4) is 0 Å². The van der Waals surface area contributed by atoms with Crippen molar-refractivity contribution in [1.82, 2.24) is 0 Å². The Bertz CT molecular complexity index is 627. The van der Waals surface area contributed by atoms with Crippen LogP contribution in [0.25, 0.3) is 0 Å². The molecule has 96 valence electrons. The lowest BCUT2D eigenvalue weighted by atomic mass is 10.0. The van der Waals surface area contributed by atoms with Crippen molar-refractivity contribution in [2.45, 2.75) is 19.8 Å². The lowest BCUT2D eigenvalue weighted by Gasteiger charge is -2.13. The lowest BCUT2D eigenvalue weighted by Crippen LogP contribution is -1.95. The summed E-state index contributed by atoms with van der Waals surface area (Å²) in [6, 6.07) is 15.1. The zero-order valence-electron chi connectivity index (χ0n) is 11.1.